The minimum absolute atomic E-state index is 0.0318. The summed E-state index contributed by atoms with van der Waals surface area (Å²) in [5.41, 5.74) is 0.758. The number of alkyl halides is 1. The third-order valence-electron chi connectivity index (χ3n) is 2.77. The molecule has 6 nitrogen and oxygen atoms in total. The number of benzene rings is 1. The number of non-ortho nitro benzene ring substituents is 1. The molecule has 0 aliphatic rings. The van der Waals surface area contributed by atoms with E-state index in [-0.39, 0.29) is 27.6 Å². The van der Waals surface area contributed by atoms with Gasteiger partial charge in [0.1, 0.15) is 0 Å². The van der Waals surface area contributed by atoms with Crippen molar-refractivity contribution in [1.29, 1.82) is 0 Å². The second-order valence-corrected chi connectivity index (χ2v) is 6.68. The molecule has 8 heteroatoms. The fourth-order valence-electron chi connectivity index (χ4n) is 1.89. The highest BCUT2D eigenvalue weighted by Crippen LogP contribution is 2.27. The van der Waals surface area contributed by atoms with Gasteiger partial charge < -0.3 is 0 Å². The Kier molecular flexibility index (Phi) is 3.92. The Labute approximate surface area is 120 Å². The van der Waals surface area contributed by atoms with Crippen molar-refractivity contribution in [3.8, 4) is 0 Å². The van der Waals surface area contributed by atoms with Crippen LogP contribution in [0.1, 0.15) is 5.69 Å². The van der Waals surface area contributed by atoms with E-state index in [4.69, 9.17) is 11.6 Å². The van der Waals surface area contributed by atoms with Gasteiger partial charge in [0.2, 0.25) is 0 Å². The molecule has 0 radical (unpaired) electrons. The number of hydrogen-bond donors (Lipinski definition) is 0. The molecule has 0 unspecified atom stereocenters. The van der Waals surface area contributed by atoms with Crippen LogP contribution in [-0.4, -0.2) is 30.0 Å². The molecule has 1 aromatic heterocycles. The summed E-state index contributed by atoms with van der Waals surface area (Å²) in [6, 6.07) is 5.38. The second kappa shape index (κ2) is 5.34. The number of nitro groups is 1. The third-order valence-corrected chi connectivity index (χ3v) is 4.94. The van der Waals surface area contributed by atoms with E-state index in [1.165, 1.54) is 24.3 Å². The number of sulfone groups is 1. The van der Waals surface area contributed by atoms with E-state index in [1.807, 2.05) is 0 Å². The molecular weight excluding hydrogens is 304 g/mol. The summed E-state index contributed by atoms with van der Waals surface area (Å²) in [7, 11) is -3.60. The average molecular weight is 315 g/mol. The molecule has 1 heterocycles. The summed E-state index contributed by atoms with van der Waals surface area (Å²) in [4.78, 5) is 14.5. The van der Waals surface area contributed by atoms with Gasteiger partial charge in [0.15, 0.2) is 9.84 Å². The zero-order valence-electron chi connectivity index (χ0n) is 10.5. The lowest BCUT2D eigenvalue weighted by Gasteiger charge is -2.08. The Morgan fingerprint density at radius 3 is 2.65 bits per heavy atom. The molecule has 0 saturated carbocycles. The zero-order chi connectivity index (χ0) is 14.9. The molecule has 0 saturated heterocycles. The van der Waals surface area contributed by atoms with Gasteiger partial charge in [-0.3, -0.25) is 15.1 Å². The largest absolute Gasteiger partial charge is 0.270 e. The van der Waals surface area contributed by atoms with Crippen LogP contribution in [0, 0.1) is 17.0 Å². The first kappa shape index (κ1) is 14.7. The molecule has 0 aliphatic heterocycles. The number of rotatable bonds is 4. The maximum atomic E-state index is 12.2. The molecule has 106 valence electrons. The molecular formula is C12H11ClN2O4S. The fourth-order valence-corrected chi connectivity index (χ4v) is 3.77. The number of fused-ring (bicyclic) bond motifs is 1. The quantitative estimate of drug-likeness (QED) is 0.491. The molecule has 2 aromatic rings. The summed E-state index contributed by atoms with van der Waals surface area (Å²) in [5, 5.41) is 11.1. The van der Waals surface area contributed by atoms with Gasteiger partial charge in [-0.15, -0.1) is 11.6 Å². The van der Waals surface area contributed by atoms with Crippen LogP contribution >= 0.6 is 11.6 Å². The highest BCUT2D eigenvalue weighted by atomic mass is 35.5. The van der Waals surface area contributed by atoms with E-state index in [9.17, 15) is 18.5 Å². The van der Waals surface area contributed by atoms with Crippen LogP contribution in [0.3, 0.4) is 0 Å². The highest BCUT2D eigenvalue weighted by molar-refractivity contribution is 7.91. The van der Waals surface area contributed by atoms with Gasteiger partial charge in [-0.1, -0.05) is 0 Å². The van der Waals surface area contributed by atoms with E-state index >= 15 is 0 Å². The third kappa shape index (κ3) is 2.73. The second-order valence-electron chi connectivity index (χ2n) is 4.23. The number of nitro benzene ring substituents is 1. The van der Waals surface area contributed by atoms with Crippen molar-refractivity contribution >= 4 is 38.0 Å². The normalized spacial score (nSPS) is 11.7. The molecule has 0 atom stereocenters. The molecule has 20 heavy (non-hydrogen) atoms. The van der Waals surface area contributed by atoms with Gasteiger partial charge in [-0.05, 0) is 19.1 Å². The Balaban J connectivity index is 2.81. The van der Waals surface area contributed by atoms with Crippen molar-refractivity contribution in [2.24, 2.45) is 0 Å². The Morgan fingerprint density at radius 2 is 2.05 bits per heavy atom. The molecule has 0 fully saturated rings. The summed E-state index contributed by atoms with van der Waals surface area (Å²) >= 11 is 5.51. The molecule has 0 amide bonds. The standard InChI is InChI=1S/C12H11ClN2O4S/c1-8-6-12(20(18,19)5-4-13)10-7-9(15(16)17)2-3-11(10)14-8/h2-3,6-7H,4-5H2,1H3. The van der Waals surface area contributed by atoms with Crippen molar-refractivity contribution in [3.05, 3.63) is 40.1 Å². The molecule has 2 rings (SSSR count). The molecule has 0 spiro atoms. The predicted molar refractivity (Wildman–Crippen MR) is 75.9 cm³/mol. The van der Waals surface area contributed by atoms with Crippen molar-refractivity contribution in [2.45, 2.75) is 11.8 Å². The molecule has 1 aromatic carbocycles. The van der Waals surface area contributed by atoms with Gasteiger partial charge in [0.25, 0.3) is 5.69 Å². The van der Waals surface area contributed by atoms with Crippen LogP contribution in [0.4, 0.5) is 5.69 Å². The van der Waals surface area contributed by atoms with Gasteiger partial charge in [-0.2, -0.15) is 0 Å². The van der Waals surface area contributed by atoms with Crippen LogP contribution in [0.15, 0.2) is 29.2 Å². The van der Waals surface area contributed by atoms with Crippen LogP contribution in [0.2, 0.25) is 0 Å². The summed E-state index contributed by atoms with van der Waals surface area (Å²) in [6.45, 7) is 1.67. The van der Waals surface area contributed by atoms with Crippen molar-refractivity contribution < 1.29 is 13.3 Å². The van der Waals surface area contributed by atoms with Crippen LogP contribution < -0.4 is 0 Å². The minimum atomic E-state index is -3.60. The van der Waals surface area contributed by atoms with Crippen LogP contribution in [-0.2, 0) is 9.84 Å². The van der Waals surface area contributed by atoms with E-state index in [2.05, 4.69) is 4.98 Å². The first-order valence-electron chi connectivity index (χ1n) is 5.69. The van der Waals surface area contributed by atoms with E-state index < -0.39 is 14.8 Å². The Hall–Kier alpha value is -1.73. The van der Waals surface area contributed by atoms with Crippen molar-refractivity contribution in [3.63, 3.8) is 0 Å². The minimum Gasteiger partial charge on any atom is -0.258 e. The van der Waals surface area contributed by atoms with E-state index in [1.54, 1.807) is 6.92 Å². The lowest BCUT2D eigenvalue weighted by Crippen LogP contribution is -2.09. The van der Waals surface area contributed by atoms with Crippen LogP contribution in [0.5, 0.6) is 0 Å². The first-order chi connectivity index (χ1) is 9.35. The number of halogens is 1. The Morgan fingerprint density at radius 1 is 1.35 bits per heavy atom. The van der Waals surface area contributed by atoms with Gasteiger partial charge in [0, 0.05) is 29.1 Å². The maximum absolute atomic E-state index is 12.2. The first-order valence-corrected chi connectivity index (χ1v) is 7.88. The number of aryl methyl sites for hydroxylation is 1. The lowest BCUT2D eigenvalue weighted by atomic mass is 10.2. The summed E-state index contributed by atoms with van der Waals surface area (Å²) < 4.78 is 24.4. The topological polar surface area (TPSA) is 90.2 Å². The Bertz CT molecular complexity index is 789. The van der Waals surface area contributed by atoms with Gasteiger partial charge >= 0.3 is 0 Å². The summed E-state index contributed by atoms with van der Waals surface area (Å²) in [5.74, 6) is -0.268. The number of nitrogens with zero attached hydrogens (tertiary/aromatic N) is 2. The molecule has 0 bridgehead atoms. The number of hydrogen-bond acceptors (Lipinski definition) is 5. The molecule has 0 aliphatic carbocycles. The summed E-state index contributed by atoms with van der Waals surface area (Å²) in [6.07, 6.45) is 0. The van der Waals surface area contributed by atoms with Crippen molar-refractivity contribution in [1.82, 2.24) is 4.98 Å². The number of aromatic nitrogens is 1. The maximum Gasteiger partial charge on any atom is 0.270 e. The van der Waals surface area contributed by atoms with Gasteiger partial charge in [-0.25, -0.2) is 8.42 Å². The smallest absolute Gasteiger partial charge is 0.258 e. The zero-order valence-corrected chi connectivity index (χ0v) is 12.1. The average Bonchev–Trinajstić information content (AvgIpc) is 2.36. The van der Waals surface area contributed by atoms with Crippen LogP contribution in [0.25, 0.3) is 10.9 Å². The fraction of sp³-hybridized carbons (Fsp3) is 0.250. The van der Waals surface area contributed by atoms with E-state index in [0.717, 1.165) is 0 Å². The highest BCUT2D eigenvalue weighted by Gasteiger charge is 2.20. The SMILES string of the molecule is Cc1cc(S(=O)(=O)CCCl)c2cc([N+](=O)[O-])ccc2n1. The van der Waals surface area contributed by atoms with Crippen molar-refractivity contribution in [2.75, 3.05) is 11.6 Å². The predicted octanol–water partition coefficient (Wildman–Crippen LogP) is 2.46. The van der Waals surface area contributed by atoms with Gasteiger partial charge in [0.05, 0.1) is 21.1 Å². The molecule has 0 N–H and O–H groups in total. The monoisotopic (exact) mass is 314 g/mol. The number of pyridine rings is 1. The van der Waals surface area contributed by atoms with E-state index in [0.29, 0.717) is 11.2 Å². The lowest BCUT2D eigenvalue weighted by molar-refractivity contribution is -0.384.